The van der Waals surface area contributed by atoms with Crippen molar-refractivity contribution >= 4 is 44.1 Å². The number of aryl methyl sites for hydroxylation is 3. The van der Waals surface area contributed by atoms with Gasteiger partial charge in [-0.2, -0.15) is 0 Å². The number of sulfonamides is 1. The molecule has 0 radical (unpaired) electrons. The molecule has 38 heavy (non-hydrogen) atoms. The van der Waals surface area contributed by atoms with Crippen LogP contribution in [0.5, 0.6) is 5.75 Å². The van der Waals surface area contributed by atoms with Gasteiger partial charge in [0.05, 0.1) is 25.1 Å². The van der Waals surface area contributed by atoms with Gasteiger partial charge in [-0.25, -0.2) is 13.4 Å². The maximum Gasteiger partial charge on any atom is 0.315 e. The minimum absolute atomic E-state index is 0.0937. The maximum absolute atomic E-state index is 13.8. The Hall–Kier alpha value is -3.44. The number of thiazole rings is 1. The summed E-state index contributed by atoms with van der Waals surface area (Å²) >= 11 is 1.35. The van der Waals surface area contributed by atoms with E-state index in [2.05, 4.69) is 10.3 Å². The van der Waals surface area contributed by atoms with Crippen LogP contribution in [0.15, 0.2) is 41.3 Å². The zero-order chi connectivity index (χ0) is 27.0. The molecule has 11 heteroatoms. The number of hydrogen-bond donors (Lipinski definition) is 1. The van der Waals surface area contributed by atoms with Gasteiger partial charge in [-0.05, 0) is 74.9 Å². The fourth-order valence-electron chi connectivity index (χ4n) is 4.96. The van der Waals surface area contributed by atoms with Crippen molar-refractivity contribution in [2.45, 2.75) is 50.3 Å². The zero-order valence-corrected chi connectivity index (χ0v) is 23.1. The van der Waals surface area contributed by atoms with Crippen molar-refractivity contribution < 1.29 is 27.5 Å². The molecule has 0 saturated heterocycles. The number of esters is 1. The van der Waals surface area contributed by atoms with E-state index >= 15 is 0 Å². The topological polar surface area (TPSA) is 115 Å². The highest BCUT2D eigenvalue weighted by Crippen LogP contribution is 2.40. The van der Waals surface area contributed by atoms with Gasteiger partial charge in [0, 0.05) is 17.0 Å². The van der Waals surface area contributed by atoms with Gasteiger partial charge in [0.1, 0.15) is 16.6 Å². The van der Waals surface area contributed by atoms with Crippen molar-refractivity contribution in [1.29, 1.82) is 0 Å². The summed E-state index contributed by atoms with van der Waals surface area (Å²) in [7, 11) is -2.49. The molecule has 2 aliphatic rings. The molecular weight excluding hydrogens is 526 g/mol. The molecule has 1 aromatic heterocycles. The van der Waals surface area contributed by atoms with E-state index in [0.29, 0.717) is 60.9 Å². The van der Waals surface area contributed by atoms with Gasteiger partial charge in [0.25, 0.3) is 15.9 Å². The molecule has 200 valence electrons. The number of nitrogens with zero attached hydrogens (tertiary/aromatic N) is 2. The van der Waals surface area contributed by atoms with Gasteiger partial charge < -0.3 is 9.47 Å². The second-order valence-electron chi connectivity index (χ2n) is 9.30. The Morgan fingerprint density at radius 1 is 1.18 bits per heavy atom. The molecule has 2 heterocycles. The Morgan fingerprint density at radius 3 is 2.76 bits per heavy atom. The van der Waals surface area contributed by atoms with E-state index < -0.39 is 21.8 Å². The highest BCUT2D eigenvalue weighted by Gasteiger charge is 2.35. The zero-order valence-electron chi connectivity index (χ0n) is 21.4. The average Bonchev–Trinajstić information content (AvgIpc) is 3.48. The summed E-state index contributed by atoms with van der Waals surface area (Å²) in [5, 5.41) is 3.23. The van der Waals surface area contributed by atoms with Crippen LogP contribution in [-0.2, 0) is 32.4 Å². The largest absolute Gasteiger partial charge is 0.495 e. The number of amides is 1. The first-order valence-electron chi connectivity index (χ1n) is 12.5. The van der Waals surface area contributed by atoms with Crippen molar-refractivity contribution in [2.75, 3.05) is 29.9 Å². The minimum atomic E-state index is -3.94. The first kappa shape index (κ1) is 26.2. The number of nitrogens with one attached hydrogen (secondary N) is 1. The van der Waals surface area contributed by atoms with Gasteiger partial charge >= 0.3 is 5.97 Å². The van der Waals surface area contributed by atoms with Crippen LogP contribution in [0.1, 0.15) is 57.7 Å². The minimum Gasteiger partial charge on any atom is -0.495 e. The second-order valence-corrected chi connectivity index (χ2v) is 12.2. The van der Waals surface area contributed by atoms with Crippen molar-refractivity contribution in [3.8, 4) is 5.75 Å². The molecule has 1 aliphatic heterocycles. The van der Waals surface area contributed by atoms with E-state index in [9.17, 15) is 18.0 Å². The Balaban J connectivity index is 1.42. The van der Waals surface area contributed by atoms with Crippen molar-refractivity contribution in [2.24, 2.45) is 0 Å². The lowest BCUT2D eigenvalue weighted by molar-refractivity contribution is -0.145. The highest BCUT2D eigenvalue weighted by molar-refractivity contribution is 7.93. The summed E-state index contributed by atoms with van der Waals surface area (Å²) in [5.74, 6) is -0.831. The van der Waals surface area contributed by atoms with Gasteiger partial charge in [-0.3, -0.25) is 19.2 Å². The lowest BCUT2D eigenvalue weighted by Crippen LogP contribution is -2.36. The smallest absolute Gasteiger partial charge is 0.315 e. The van der Waals surface area contributed by atoms with Crippen LogP contribution in [0.25, 0.3) is 0 Å². The molecule has 0 bridgehead atoms. The van der Waals surface area contributed by atoms with Crippen LogP contribution >= 0.6 is 11.3 Å². The summed E-state index contributed by atoms with van der Waals surface area (Å²) < 4.78 is 39.4. The van der Waals surface area contributed by atoms with Crippen LogP contribution in [-0.4, -0.2) is 45.5 Å². The molecule has 1 amide bonds. The number of hydrogen-bond acceptors (Lipinski definition) is 8. The predicted octanol–water partition coefficient (Wildman–Crippen LogP) is 4.45. The van der Waals surface area contributed by atoms with Crippen molar-refractivity contribution in [3.63, 3.8) is 0 Å². The summed E-state index contributed by atoms with van der Waals surface area (Å²) in [4.78, 5) is 31.0. The van der Waals surface area contributed by atoms with Gasteiger partial charge in [0.15, 0.2) is 5.13 Å². The molecule has 3 aromatic rings. The van der Waals surface area contributed by atoms with Gasteiger partial charge in [-0.15, -0.1) is 11.3 Å². The second kappa shape index (κ2) is 10.4. The Morgan fingerprint density at radius 2 is 2.00 bits per heavy atom. The first-order valence-corrected chi connectivity index (χ1v) is 14.8. The number of methoxy groups -OCH3 is 1. The summed E-state index contributed by atoms with van der Waals surface area (Å²) in [6, 6.07) is 10.2. The molecule has 1 N–H and O–H groups in total. The average molecular weight is 556 g/mol. The SMILES string of the molecule is CCOC(=O)C1CCc2sc(NC(=O)c3ccc4c(c3)N(S(=O)(=O)c3cc(C)ccc3OC)CCC4)nc21. The lowest BCUT2D eigenvalue weighted by atomic mass is 10.0. The quantitative estimate of drug-likeness (QED) is 0.429. The maximum atomic E-state index is 13.8. The summed E-state index contributed by atoms with van der Waals surface area (Å²) in [5.41, 5.74) is 3.12. The molecule has 0 saturated carbocycles. The van der Waals surface area contributed by atoms with E-state index in [1.165, 1.54) is 22.8 Å². The summed E-state index contributed by atoms with van der Waals surface area (Å²) in [6.07, 6.45) is 2.74. The molecule has 2 aromatic carbocycles. The Bertz CT molecular complexity index is 1510. The fraction of sp³-hybridized carbons (Fsp3) is 0.370. The van der Waals surface area contributed by atoms with E-state index in [0.717, 1.165) is 16.0 Å². The van der Waals surface area contributed by atoms with E-state index in [-0.39, 0.29) is 16.6 Å². The number of carbonyl (C=O) groups is 2. The van der Waals surface area contributed by atoms with Gasteiger partial charge in [-0.1, -0.05) is 12.1 Å². The number of ether oxygens (including phenoxy) is 2. The van der Waals surface area contributed by atoms with Crippen molar-refractivity contribution in [1.82, 2.24) is 4.98 Å². The van der Waals surface area contributed by atoms with Crippen LogP contribution in [0.2, 0.25) is 0 Å². The highest BCUT2D eigenvalue weighted by atomic mass is 32.2. The normalized spacial score (nSPS) is 16.5. The molecule has 1 atom stereocenters. The van der Waals surface area contributed by atoms with Crippen LogP contribution in [0.4, 0.5) is 10.8 Å². The fourth-order valence-corrected chi connectivity index (χ4v) is 7.77. The monoisotopic (exact) mass is 555 g/mol. The van der Waals surface area contributed by atoms with E-state index in [1.54, 1.807) is 43.3 Å². The number of rotatable bonds is 7. The van der Waals surface area contributed by atoms with E-state index in [4.69, 9.17) is 9.47 Å². The molecule has 9 nitrogen and oxygen atoms in total. The number of fused-ring (bicyclic) bond motifs is 2. The molecule has 1 unspecified atom stereocenters. The molecule has 0 fully saturated rings. The van der Waals surface area contributed by atoms with Crippen LogP contribution in [0, 0.1) is 6.92 Å². The Kier molecular flexibility index (Phi) is 7.15. The lowest BCUT2D eigenvalue weighted by Gasteiger charge is -2.31. The molecular formula is C27H29N3O6S2. The number of aromatic nitrogens is 1. The standard InChI is InChI=1S/C27H29N3O6S2/c1-4-36-26(32)19-10-12-22-24(19)28-27(37-22)29-25(31)18-9-8-17-6-5-13-30(20(17)15-18)38(33,34)23-14-16(2)7-11-21(23)35-3/h7-9,11,14-15,19H,4-6,10,12-13H2,1-3H3,(H,28,29,31). The number of anilines is 2. The Labute approximate surface area is 225 Å². The van der Waals surface area contributed by atoms with Crippen LogP contribution < -0.4 is 14.4 Å². The third-order valence-electron chi connectivity index (χ3n) is 6.82. The van der Waals surface area contributed by atoms with Gasteiger partial charge in [0.2, 0.25) is 0 Å². The van der Waals surface area contributed by atoms with Crippen molar-refractivity contribution in [3.05, 3.63) is 63.7 Å². The third-order valence-corrected chi connectivity index (χ3v) is 9.70. The predicted molar refractivity (Wildman–Crippen MR) is 145 cm³/mol. The van der Waals surface area contributed by atoms with E-state index in [1.807, 2.05) is 6.92 Å². The van der Waals surface area contributed by atoms with Crippen LogP contribution in [0.3, 0.4) is 0 Å². The number of benzene rings is 2. The number of carbonyl (C=O) groups excluding carboxylic acids is 2. The first-order chi connectivity index (χ1) is 18.2. The summed E-state index contributed by atoms with van der Waals surface area (Å²) in [6.45, 7) is 4.20. The third kappa shape index (κ3) is 4.76. The molecule has 5 rings (SSSR count). The molecule has 1 aliphatic carbocycles. The molecule has 0 spiro atoms.